The zero-order chi connectivity index (χ0) is 25.9. The SMILES string of the molecule is COc1cc(/C=C2/SC(=Nc3ccc(C)cc3)N(C(C)C)C2=O)ccc1OCc1ccc2c(c1)OCO2. The summed E-state index contributed by atoms with van der Waals surface area (Å²) in [6.07, 6.45) is 1.87. The lowest BCUT2D eigenvalue weighted by molar-refractivity contribution is -0.123. The van der Waals surface area contributed by atoms with E-state index in [-0.39, 0.29) is 18.7 Å². The van der Waals surface area contributed by atoms with E-state index in [4.69, 9.17) is 23.9 Å². The molecule has 0 unspecified atom stereocenters. The molecule has 37 heavy (non-hydrogen) atoms. The topological polar surface area (TPSA) is 69.6 Å². The van der Waals surface area contributed by atoms with Crippen molar-refractivity contribution in [2.24, 2.45) is 4.99 Å². The second-order valence-electron chi connectivity index (χ2n) is 9.00. The van der Waals surface area contributed by atoms with Gasteiger partial charge in [-0.25, -0.2) is 4.99 Å². The second kappa shape index (κ2) is 10.6. The number of methoxy groups -OCH3 is 1. The Hall–Kier alpha value is -3.91. The van der Waals surface area contributed by atoms with Crippen LogP contribution in [-0.4, -0.2) is 35.9 Å². The summed E-state index contributed by atoms with van der Waals surface area (Å²) >= 11 is 1.38. The summed E-state index contributed by atoms with van der Waals surface area (Å²) in [5.41, 5.74) is 3.78. The normalized spacial score (nSPS) is 16.8. The van der Waals surface area contributed by atoms with E-state index >= 15 is 0 Å². The van der Waals surface area contributed by atoms with Crippen LogP contribution in [-0.2, 0) is 11.4 Å². The number of aryl methyl sites for hydroxylation is 1. The number of hydrogen-bond donors (Lipinski definition) is 0. The predicted molar refractivity (Wildman–Crippen MR) is 146 cm³/mol. The van der Waals surface area contributed by atoms with Crippen molar-refractivity contribution in [1.82, 2.24) is 4.90 Å². The van der Waals surface area contributed by atoms with Crippen molar-refractivity contribution >= 4 is 34.6 Å². The molecule has 3 aromatic carbocycles. The Bertz CT molecular complexity index is 1380. The third kappa shape index (κ3) is 5.44. The smallest absolute Gasteiger partial charge is 0.266 e. The van der Waals surface area contributed by atoms with Crippen LogP contribution in [0.1, 0.15) is 30.5 Å². The van der Waals surface area contributed by atoms with E-state index in [1.54, 1.807) is 12.0 Å². The number of aliphatic imine (C=N–C) groups is 1. The van der Waals surface area contributed by atoms with Gasteiger partial charge in [0.05, 0.1) is 17.7 Å². The van der Waals surface area contributed by atoms with Crippen LogP contribution < -0.4 is 18.9 Å². The molecular weight excluding hydrogens is 488 g/mol. The largest absolute Gasteiger partial charge is 0.493 e. The highest BCUT2D eigenvalue weighted by Crippen LogP contribution is 2.37. The van der Waals surface area contributed by atoms with Crippen molar-refractivity contribution in [2.75, 3.05) is 13.9 Å². The van der Waals surface area contributed by atoms with E-state index < -0.39 is 0 Å². The number of carbonyl (C=O) groups is 1. The van der Waals surface area contributed by atoms with Gasteiger partial charge in [0.1, 0.15) is 6.61 Å². The van der Waals surface area contributed by atoms with Gasteiger partial charge in [0, 0.05) is 6.04 Å². The number of hydrogen-bond acceptors (Lipinski definition) is 7. The first-order chi connectivity index (χ1) is 17.9. The molecule has 1 fully saturated rings. The van der Waals surface area contributed by atoms with Gasteiger partial charge in [-0.15, -0.1) is 0 Å². The minimum absolute atomic E-state index is 0.0170. The maximum atomic E-state index is 13.2. The van der Waals surface area contributed by atoms with Crippen molar-refractivity contribution in [3.05, 3.63) is 82.3 Å². The highest BCUT2D eigenvalue weighted by Gasteiger charge is 2.35. The quantitative estimate of drug-likeness (QED) is 0.342. The van der Waals surface area contributed by atoms with Crippen LogP contribution in [0, 0.1) is 6.92 Å². The molecule has 2 aliphatic rings. The van der Waals surface area contributed by atoms with E-state index in [9.17, 15) is 4.79 Å². The van der Waals surface area contributed by atoms with Crippen molar-refractivity contribution in [3.8, 4) is 23.0 Å². The van der Waals surface area contributed by atoms with Gasteiger partial charge < -0.3 is 18.9 Å². The molecule has 0 saturated carbocycles. The second-order valence-corrected chi connectivity index (χ2v) is 10.0. The molecule has 2 heterocycles. The summed E-state index contributed by atoms with van der Waals surface area (Å²) in [6, 6.07) is 19.3. The van der Waals surface area contributed by atoms with E-state index in [0.29, 0.717) is 28.2 Å². The van der Waals surface area contributed by atoms with Gasteiger partial charge in [-0.1, -0.05) is 29.8 Å². The minimum Gasteiger partial charge on any atom is -0.493 e. The molecule has 0 bridgehead atoms. The van der Waals surface area contributed by atoms with Crippen LogP contribution in [0.4, 0.5) is 5.69 Å². The van der Waals surface area contributed by atoms with E-state index in [1.165, 1.54) is 11.8 Å². The van der Waals surface area contributed by atoms with E-state index in [1.807, 2.05) is 87.5 Å². The maximum Gasteiger partial charge on any atom is 0.266 e. The average Bonchev–Trinajstić information content (AvgIpc) is 3.48. The Kier molecular flexibility index (Phi) is 7.10. The van der Waals surface area contributed by atoms with Gasteiger partial charge in [0.15, 0.2) is 28.2 Å². The van der Waals surface area contributed by atoms with Gasteiger partial charge >= 0.3 is 0 Å². The number of amides is 1. The summed E-state index contributed by atoms with van der Waals surface area (Å²) in [5, 5.41) is 0.672. The fraction of sp³-hybridized carbons (Fsp3) is 0.241. The molecule has 0 aromatic heterocycles. The highest BCUT2D eigenvalue weighted by molar-refractivity contribution is 8.18. The van der Waals surface area contributed by atoms with Crippen LogP contribution in [0.5, 0.6) is 23.0 Å². The molecule has 2 aliphatic heterocycles. The van der Waals surface area contributed by atoms with E-state index in [0.717, 1.165) is 33.9 Å². The Balaban J connectivity index is 1.35. The first-order valence-corrected chi connectivity index (χ1v) is 12.8. The maximum absolute atomic E-state index is 13.2. The molecule has 8 heteroatoms. The number of rotatable bonds is 7. The van der Waals surface area contributed by atoms with Gasteiger partial charge in [0.25, 0.3) is 5.91 Å². The number of carbonyl (C=O) groups excluding carboxylic acids is 1. The summed E-state index contributed by atoms with van der Waals surface area (Å²) in [6.45, 7) is 6.60. The number of ether oxygens (including phenoxy) is 4. The Morgan fingerprint density at radius 2 is 1.81 bits per heavy atom. The standard InChI is InChI=1S/C29H28N2O5S/c1-18(2)31-28(32)27(37-29(31)30-22-9-5-19(3)6-10-22)15-20-7-11-23(25(13-20)33-4)34-16-21-8-12-24-26(14-21)36-17-35-24/h5-15,18H,16-17H2,1-4H3/b27-15+,30-29?. The third-order valence-corrected chi connectivity index (χ3v) is 6.91. The molecular formula is C29H28N2O5S. The first-order valence-electron chi connectivity index (χ1n) is 12.0. The first kappa shape index (κ1) is 24.8. The number of amidine groups is 1. The molecule has 7 nitrogen and oxygen atoms in total. The van der Waals surface area contributed by atoms with Crippen molar-refractivity contribution in [2.45, 2.75) is 33.4 Å². The fourth-order valence-electron chi connectivity index (χ4n) is 3.99. The van der Waals surface area contributed by atoms with E-state index in [2.05, 4.69) is 0 Å². The molecule has 1 amide bonds. The van der Waals surface area contributed by atoms with Crippen molar-refractivity contribution in [1.29, 1.82) is 0 Å². The Morgan fingerprint density at radius 1 is 1.03 bits per heavy atom. The summed E-state index contributed by atoms with van der Waals surface area (Å²) < 4.78 is 22.4. The summed E-state index contributed by atoms with van der Waals surface area (Å²) in [7, 11) is 1.60. The lowest BCUT2D eigenvalue weighted by atomic mass is 10.1. The third-order valence-electron chi connectivity index (χ3n) is 5.93. The van der Waals surface area contributed by atoms with Crippen LogP contribution in [0.2, 0.25) is 0 Å². The lowest BCUT2D eigenvalue weighted by Gasteiger charge is -2.19. The lowest BCUT2D eigenvalue weighted by Crippen LogP contribution is -2.35. The zero-order valence-electron chi connectivity index (χ0n) is 21.2. The van der Waals surface area contributed by atoms with Crippen LogP contribution in [0.15, 0.2) is 70.6 Å². The molecule has 190 valence electrons. The van der Waals surface area contributed by atoms with Gasteiger partial charge in [-0.2, -0.15) is 0 Å². The molecule has 3 aromatic rings. The fourth-order valence-corrected chi connectivity index (χ4v) is 5.11. The number of thioether (sulfide) groups is 1. The monoisotopic (exact) mass is 516 g/mol. The van der Waals surface area contributed by atoms with Gasteiger partial charge in [-0.05, 0) is 86.1 Å². The number of benzene rings is 3. The number of nitrogens with zero attached hydrogens (tertiary/aromatic N) is 2. The average molecular weight is 517 g/mol. The Labute approximate surface area is 220 Å². The molecule has 0 radical (unpaired) electrons. The molecule has 1 saturated heterocycles. The van der Waals surface area contributed by atoms with Crippen LogP contribution >= 0.6 is 11.8 Å². The van der Waals surface area contributed by atoms with Crippen LogP contribution in [0.3, 0.4) is 0 Å². The van der Waals surface area contributed by atoms with Crippen LogP contribution in [0.25, 0.3) is 6.08 Å². The zero-order valence-corrected chi connectivity index (χ0v) is 22.0. The van der Waals surface area contributed by atoms with Crippen molar-refractivity contribution < 1.29 is 23.7 Å². The van der Waals surface area contributed by atoms with Gasteiger partial charge in [-0.3, -0.25) is 9.69 Å². The number of fused-ring (bicyclic) bond motifs is 1. The molecule has 0 N–H and O–H groups in total. The summed E-state index contributed by atoms with van der Waals surface area (Å²) in [4.78, 5) is 20.3. The van der Waals surface area contributed by atoms with Crippen molar-refractivity contribution in [3.63, 3.8) is 0 Å². The Morgan fingerprint density at radius 3 is 2.57 bits per heavy atom. The molecule has 5 rings (SSSR count). The predicted octanol–water partition coefficient (Wildman–Crippen LogP) is 6.32. The molecule has 0 atom stereocenters. The van der Waals surface area contributed by atoms with Gasteiger partial charge in [0.2, 0.25) is 6.79 Å². The minimum atomic E-state index is -0.0621. The summed E-state index contributed by atoms with van der Waals surface area (Å²) in [5.74, 6) is 2.58. The molecule has 0 spiro atoms. The highest BCUT2D eigenvalue weighted by atomic mass is 32.2. The molecule has 0 aliphatic carbocycles.